The Bertz CT molecular complexity index is 2130. The van der Waals surface area contributed by atoms with Crippen LogP contribution in [0.15, 0.2) is 78.0 Å². The Hall–Kier alpha value is -5.29. The summed E-state index contributed by atoms with van der Waals surface area (Å²) >= 11 is 6.47. The first-order valence-corrected chi connectivity index (χ1v) is 17.6. The molecule has 4 aromatic rings. The number of nitrogens with two attached hydrogens (primary N) is 1. The average Bonchev–Trinajstić information content (AvgIpc) is 3.66. The normalized spacial score (nSPS) is 18.7. The van der Waals surface area contributed by atoms with Gasteiger partial charge in [-0.05, 0) is 78.1 Å². The molecule has 0 spiro atoms. The summed E-state index contributed by atoms with van der Waals surface area (Å²) in [6.45, 7) is 6.08. The highest BCUT2D eigenvalue weighted by atomic mass is 35.5. The smallest absolute Gasteiger partial charge is 0.306 e. The second-order valence-electron chi connectivity index (χ2n) is 15.1. The van der Waals surface area contributed by atoms with Crippen molar-refractivity contribution in [3.8, 4) is 22.9 Å². The van der Waals surface area contributed by atoms with E-state index in [4.69, 9.17) is 27.1 Å². The highest BCUT2D eigenvalue weighted by molar-refractivity contribution is 6.32. The number of amides is 1. The van der Waals surface area contributed by atoms with Crippen molar-refractivity contribution in [2.24, 2.45) is 21.6 Å². The van der Waals surface area contributed by atoms with Gasteiger partial charge in [0.1, 0.15) is 12.9 Å². The molecule has 1 fully saturated rings. The minimum atomic E-state index is -3.11. The van der Waals surface area contributed by atoms with E-state index in [9.17, 15) is 27.6 Å². The molecule has 282 valence electrons. The predicted octanol–water partition coefficient (Wildman–Crippen LogP) is 8.30. The van der Waals surface area contributed by atoms with Gasteiger partial charge in [0.05, 0.1) is 34.8 Å². The molecule has 2 N–H and O–H groups in total. The van der Waals surface area contributed by atoms with Crippen molar-refractivity contribution in [2.45, 2.75) is 77.3 Å². The highest BCUT2D eigenvalue weighted by Gasteiger charge is 2.60. The van der Waals surface area contributed by atoms with Crippen LogP contribution in [0.1, 0.15) is 88.4 Å². The van der Waals surface area contributed by atoms with Crippen molar-refractivity contribution >= 4 is 29.4 Å². The Kier molecular flexibility index (Phi) is 10.1. The molecule has 0 saturated heterocycles. The lowest BCUT2D eigenvalue weighted by atomic mass is 9.75. The zero-order valence-electron chi connectivity index (χ0n) is 30.0. The van der Waals surface area contributed by atoms with Crippen molar-refractivity contribution in [1.82, 2.24) is 19.7 Å². The zero-order valence-corrected chi connectivity index (χ0v) is 30.7. The summed E-state index contributed by atoms with van der Waals surface area (Å²) in [4.78, 5) is 37.8. The van der Waals surface area contributed by atoms with E-state index in [1.807, 2.05) is 45.0 Å². The van der Waals surface area contributed by atoms with E-state index < -0.39 is 65.5 Å². The minimum Gasteiger partial charge on any atom is -0.463 e. The summed E-state index contributed by atoms with van der Waals surface area (Å²) in [7, 11) is 0. The topological polar surface area (TPSA) is 139 Å². The second kappa shape index (κ2) is 14.2. The number of aromatic nitrogens is 3. The number of benzene rings is 3. The van der Waals surface area contributed by atoms with Gasteiger partial charge in [-0.2, -0.15) is 10.4 Å². The first-order valence-electron chi connectivity index (χ1n) is 17.2. The maximum atomic E-state index is 15.0. The number of alkyl halides is 4. The fraction of sp³-hybridized carbons (Fsp3) is 0.385. The Morgan fingerprint density at radius 1 is 1.04 bits per heavy atom. The standard InChI is InChI=1S/C39H38ClF4N7O3/c1-36(2,3)21-39(27-12-9-25(10-13-27)24-7-5-23(19-45)6-8-24)34(53)50(35(46)49-39)30(20-54-31(52)18-38(15-16-38)37(4,43)44)26-11-14-28(40)29(17-26)51-33(32(41)42)47-22-48-51/h5-14,17,22,30,32H,15-16,18,20-21H2,1-4H3,(H2,46,49)/t30-,39-/m1/s1. The monoisotopic (exact) mass is 763 g/mol. The summed E-state index contributed by atoms with van der Waals surface area (Å²) in [6.07, 6.45) is -2.08. The van der Waals surface area contributed by atoms with Gasteiger partial charge in [-0.1, -0.05) is 74.8 Å². The lowest BCUT2D eigenvalue weighted by molar-refractivity contribution is -0.153. The van der Waals surface area contributed by atoms with Gasteiger partial charge in [0.2, 0.25) is 0 Å². The number of hydrogen-bond donors (Lipinski definition) is 1. The van der Waals surface area contributed by atoms with Crippen LogP contribution in [-0.2, 0) is 19.9 Å². The molecular weight excluding hydrogens is 726 g/mol. The fourth-order valence-electron chi connectivity index (χ4n) is 6.98. The Morgan fingerprint density at radius 2 is 1.67 bits per heavy atom. The van der Waals surface area contributed by atoms with Gasteiger partial charge in [-0.15, -0.1) is 0 Å². The molecule has 1 aliphatic heterocycles. The van der Waals surface area contributed by atoms with E-state index >= 15 is 4.79 Å². The lowest BCUT2D eigenvalue weighted by Gasteiger charge is -2.35. The number of ether oxygens (including phenoxy) is 1. The zero-order chi connectivity index (χ0) is 39.2. The van der Waals surface area contributed by atoms with Gasteiger partial charge in [0.25, 0.3) is 18.3 Å². The Morgan fingerprint density at radius 3 is 2.22 bits per heavy atom. The van der Waals surface area contributed by atoms with Crippen LogP contribution < -0.4 is 5.73 Å². The van der Waals surface area contributed by atoms with Crippen LogP contribution in [0.4, 0.5) is 17.6 Å². The molecule has 1 amide bonds. The average molecular weight is 764 g/mol. The SMILES string of the molecule is CC(C)(C)C[C@]1(c2ccc(-c3ccc(C#N)cc3)cc2)N=C(N)N([C@H](COC(=O)CC2(C(C)(F)F)CC2)c2ccc(Cl)c(-n3ncnc3C(F)F)c2)C1=O. The molecule has 2 atom stereocenters. The predicted molar refractivity (Wildman–Crippen MR) is 193 cm³/mol. The van der Waals surface area contributed by atoms with E-state index in [-0.39, 0.29) is 41.5 Å². The van der Waals surface area contributed by atoms with Crippen LogP contribution in [0.2, 0.25) is 5.02 Å². The molecule has 1 saturated carbocycles. The minimum absolute atomic E-state index is 0.00218. The molecule has 2 aliphatic rings. The van der Waals surface area contributed by atoms with E-state index in [0.717, 1.165) is 29.1 Å². The number of guanidine groups is 1. The molecule has 0 radical (unpaired) electrons. The van der Waals surface area contributed by atoms with E-state index in [0.29, 0.717) is 11.1 Å². The molecule has 10 nitrogen and oxygen atoms in total. The summed E-state index contributed by atoms with van der Waals surface area (Å²) < 4.78 is 63.0. The highest BCUT2D eigenvalue weighted by Crippen LogP contribution is 2.59. The molecule has 0 bridgehead atoms. The molecular formula is C39H38ClF4N7O3. The Balaban J connectivity index is 1.40. The van der Waals surface area contributed by atoms with Gasteiger partial charge in [0.15, 0.2) is 17.3 Å². The first kappa shape index (κ1) is 38.4. The molecule has 1 aliphatic carbocycles. The number of aliphatic imine (C=N–C) groups is 1. The third-order valence-corrected chi connectivity index (χ3v) is 10.3. The van der Waals surface area contributed by atoms with E-state index in [2.05, 4.69) is 16.2 Å². The van der Waals surface area contributed by atoms with Crippen LogP contribution >= 0.6 is 11.6 Å². The number of hydrogen-bond acceptors (Lipinski definition) is 8. The van der Waals surface area contributed by atoms with Crippen molar-refractivity contribution in [1.29, 1.82) is 5.26 Å². The van der Waals surface area contributed by atoms with Crippen molar-refractivity contribution < 1.29 is 31.9 Å². The lowest BCUT2D eigenvalue weighted by Crippen LogP contribution is -2.47. The van der Waals surface area contributed by atoms with Crippen LogP contribution in [0.25, 0.3) is 16.8 Å². The van der Waals surface area contributed by atoms with Crippen LogP contribution in [0.5, 0.6) is 0 Å². The van der Waals surface area contributed by atoms with E-state index in [1.165, 1.54) is 23.1 Å². The van der Waals surface area contributed by atoms with Gasteiger partial charge in [0, 0.05) is 5.41 Å². The number of nitrogens with zero attached hydrogens (tertiary/aromatic N) is 6. The number of carbonyl (C=O) groups is 2. The number of esters is 1. The number of halogens is 5. The van der Waals surface area contributed by atoms with Crippen molar-refractivity contribution in [3.63, 3.8) is 0 Å². The van der Waals surface area contributed by atoms with Crippen LogP contribution in [0, 0.1) is 22.2 Å². The summed E-state index contributed by atoms with van der Waals surface area (Å²) in [5.41, 5.74) is 6.08. The van der Waals surface area contributed by atoms with Gasteiger partial charge < -0.3 is 10.5 Å². The molecule has 0 unspecified atom stereocenters. The van der Waals surface area contributed by atoms with Gasteiger partial charge >= 0.3 is 5.97 Å². The third-order valence-electron chi connectivity index (χ3n) is 9.95. The van der Waals surface area contributed by atoms with Gasteiger partial charge in [-0.25, -0.2) is 32.2 Å². The molecule has 54 heavy (non-hydrogen) atoms. The summed E-state index contributed by atoms with van der Waals surface area (Å²) in [5, 5.41) is 13.1. The van der Waals surface area contributed by atoms with Crippen LogP contribution in [-0.4, -0.2) is 50.0 Å². The third kappa shape index (κ3) is 7.42. The molecule has 15 heteroatoms. The van der Waals surface area contributed by atoms with Crippen molar-refractivity contribution in [2.75, 3.05) is 6.61 Å². The second-order valence-corrected chi connectivity index (χ2v) is 15.5. The quantitative estimate of drug-likeness (QED) is 0.113. The Labute approximate surface area is 314 Å². The van der Waals surface area contributed by atoms with Crippen molar-refractivity contribution in [3.05, 3.63) is 101 Å². The maximum absolute atomic E-state index is 15.0. The summed E-state index contributed by atoms with van der Waals surface area (Å²) in [5.74, 6) is -5.44. The largest absolute Gasteiger partial charge is 0.463 e. The molecule has 3 aromatic carbocycles. The first-order chi connectivity index (χ1) is 25.4. The molecule has 6 rings (SSSR count). The van der Waals surface area contributed by atoms with Gasteiger partial charge in [-0.3, -0.25) is 14.5 Å². The van der Waals surface area contributed by atoms with E-state index in [1.54, 1.807) is 24.3 Å². The summed E-state index contributed by atoms with van der Waals surface area (Å²) in [6, 6.07) is 19.5. The molecule has 1 aromatic heterocycles. The fourth-order valence-corrected chi connectivity index (χ4v) is 7.17. The molecule has 2 heterocycles. The number of carbonyl (C=O) groups excluding carboxylic acids is 2. The number of nitriles is 1. The number of rotatable bonds is 12. The maximum Gasteiger partial charge on any atom is 0.306 e. The van der Waals surface area contributed by atoms with Crippen LogP contribution in [0.3, 0.4) is 0 Å².